The molecule has 1 aromatic heterocycles. The summed E-state index contributed by atoms with van der Waals surface area (Å²) in [5.41, 5.74) is 1.81. The maximum absolute atomic E-state index is 13.9. The van der Waals surface area contributed by atoms with Gasteiger partial charge in [0.2, 0.25) is 0 Å². The standard InChI is InChI=1S/C26H21FN2O2/c1-29(25(24-12-5-6-17-28-24)20-8-7-9-21(27)18-20)26(30)19-13-15-23(16-14-19)31-22-10-3-2-4-11-22/h2-18,25H,1H3/t25-/m1/s1. The number of benzene rings is 3. The molecule has 4 aromatic rings. The van der Waals surface area contributed by atoms with Crippen LogP contribution in [0, 0.1) is 5.82 Å². The van der Waals surface area contributed by atoms with E-state index in [1.807, 2.05) is 42.5 Å². The van der Waals surface area contributed by atoms with E-state index in [2.05, 4.69) is 4.98 Å². The SMILES string of the molecule is CN(C(=O)c1ccc(Oc2ccccc2)cc1)[C@H](c1cccc(F)c1)c1ccccn1. The van der Waals surface area contributed by atoms with Crippen molar-refractivity contribution in [2.45, 2.75) is 6.04 Å². The molecule has 0 fully saturated rings. The van der Waals surface area contributed by atoms with Gasteiger partial charge < -0.3 is 9.64 Å². The summed E-state index contributed by atoms with van der Waals surface area (Å²) < 4.78 is 19.7. The summed E-state index contributed by atoms with van der Waals surface area (Å²) in [6.45, 7) is 0. The summed E-state index contributed by atoms with van der Waals surface area (Å²) in [5.74, 6) is 0.796. The molecule has 0 bridgehead atoms. The molecular weight excluding hydrogens is 391 g/mol. The van der Waals surface area contributed by atoms with Gasteiger partial charge in [-0.15, -0.1) is 0 Å². The number of para-hydroxylation sites is 1. The zero-order chi connectivity index (χ0) is 21.6. The lowest BCUT2D eigenvalue weighted by Gasteiger charge is -2.28. The molecule has 0 saturated carbocycles. The summed E-state index contributed by atoms with van der Waals surface area (Å²) in [6.07, 6.45) is 1.66. The van der Waals surface area contributed by atoms with Gasteiger partial charge in [-0.2, -0.15) is 0 Å². The highest BCUT2D eigenvalue weighted by Crippen LogP contribution is 2.29. The normalized spacial score (nSPS) is 11.5. The van der Waals surface area contributed by atoms with Gasteiger partial charge in [0.15, 0.2) is 0 Å². The van der Waals surface area contributed by atoms with Crippen molar-refractivity contribution >= 4 is 5.91 Å². The molecule has 5 heteroatoms. The van der Waals surface area contributed by atoms with E-state index in [-0.39, 0.29) is 11.7 Å². The van der Waals surface area contributed by atoms with Crippen LogP contribution in [0.5, 0.6) is 11.5 Å². The Morgan fingerprint density at radius 1 is 0.871 bits per heavy atom. The summed E-state index contributed by atoms with van der Waals surface area (Å²) in [5, 5.41) is 0. The van der Waals surface area contributed by atoms with E-state index in [1.54, 1.807) is 60.6 Å². The van der Waals surface area contributed by atoms with E-state index in [0.29, 0.717) is 22.6 Å². The molecule has 31 heavy (non-hydrogen) atoms. The highest BCUT2D eigenvalue weighted by molar-refractivity contribution is 5.94. The quantitative estimate of drug-likeness (QED) is 0.397. The molecule has 154 valence electrons. The Bertz CT molecular complexity index is 1150. The monoisotopic (exact) mass is 412 g/mol. The number of nitrogens with zero attached hydrogens (tertiary/aromatic N) is 2. The fraction of sp³-hybridized carbons (Fsp3) is 0.0769. The number of pyridine rings is 1. The van der Waals surface area contributed by atoms with Crippen LogP contribution in [0.25, 0.3) is 0 Å². The smallest absolute Gasteiger partial charge is 0.254 e. The first-order valence-electron chi connectivity index (χ1n) is 9.88. The second-order valence-electron chi connectivity index (χ2n) is 7.07. The molecule has 0 unspecified atom stereocenters. The molecule has 1 atom stereocenters. The van der Waals surface area contributed by atoms with Crippen molar-refractivity contribution < 1.29 is 13.9 Å². The van der Waals surface area contributed by atoms with Gasteiger partial charge in [-0.3, -0.25) is 9.78 Å². The molecule has 4 rings (SSSR count). The van der Waals surface area contributed by atoms with Gasteiger partial charge in [0.25, 0.3) is 5.91 Å². The Kier molecular flexibility index (Phi) is 6.03. The number of ether oxygens (including phenoxy) is 1. The minimum absolute atomic E-state index is 0.203. The third-order valence-electron chi connectivity index (χ3n) is 4.92. The van der Waals surface area contributed by atoms with Crippen LogP contribution in [0.4, 0.5) is 4.39 Å². The first-order chi connectivity index (χ1) is 15.1. The lowest BCUT2D eigenvalue weighted by atomic mass is 10.0. The number of aromatic nitrogens is 1. The third-order valence-corrected chi connectivity index (χ3v) is 4.92. The Hall–Kier alpha value is -3.99. The zero-order valence-electron chi connectivity index (χ0n) is 17.0. The van der Waals surface area contributed by atoms with Crippen molar-refractivity contribution in [1.29, 1.82) is 0 Å². The number of halogens is 1. The average Bonchev–Trinajstić information content (AvgIpc) is 2.81. The van der Waals surface area contributed by atoms with Crippen molar-refractivity contribution in [3.63, 3.8) is 0 Å². The molecule has 1 heterocycles. The molecule has 0 aliphatic rings. The summed E-state index contributed by atoms with van der Waals surface area (Å²) >= 11 is 0. The zero-order valence-corrected chi connectivity index (χ0v) is 17.0. The Labute approximate surface area is 180 Å². The summed E-state index contributed by atoms with van der Waals surface area (Å²) in [6, 6.07) is 27.6. The van der Waals surface area contributed by atoms with Gasteiger partial charge >= 0.3 is 0 Å². The van der Waals surface area contributed by atoms with Crippen LogP contribution in [0.15, 0.2) is 103 Å². The van der Waals surface area contributed by atoms with E-state index in [0.717, 1.165) is 5.75 Å². The highest BCUT2D eigenvalue weighted by atomic mass is 19.1. The molecule has 0 N–H and O–H groups in total. The fourth-order valence-corrected chi connectivity index (χ4v) is 3.42. The van der Waals surface area contributed by atoms with Crippen LogP contribution < -0.4 is 4.74 Å². The van der Waals surface area contributed by atoms with Crippen molar-refractivity contribution in [2.24, 2.45) is 0 Å². The predicted molar refractivity (Wildman–Crippen MR) is 118 cm³/mol. The second-order valence-corrected chi connectivity index (χ2v) is 7.07. The molecule has 1 amide bonds. The number of amides is 1. The first kappa shape index (κ1) is 20.3. The Morgan fingerprint density at radius 3 is 2.26 bits per heavy atom. The fourth-order valence-electron chi connectivity index (χ4n) is 3.42. The number of rotatable bonds is 6. The van der Waals surface area contributed by atoms with Crippen LogP contribution in [0.1, 0.15) is 27.7 Å². The van der Waals surface area contributed by atoms with Crippen LogP contribution >= 0.6 is 0 Å². The number of carbonyl (C=O) groups excluding carboxylic acids is 1. The maximum Gasteiger partial charge on any atom is 0.254 e. The van der Waals surface area contributed by atoms with Crippen molar-refractivity contribution in [2.75, 3.05) is 7.05 Å². The number of hydrogen-bond donors (Lipinski definition) is 0. The van der Waals surface area contributed by atoms with Gasteiger partial charge in [-0.05, 0) is 66.2 Å². The largest absolute Gasteiger partial charge is 0.457 e. The van der Waals surface area contributed by atoms with Gasteiger partial charge in [0.1, 0.15) is 17.3 Å². The van der Waals surface area contributed by atoms with Gasteiger partial charge in [-0.25, -0.2) is 4.39 Å². The molecule has 0 radical (unpaired) electrons. The van der Waals surface area contributed by atoms with Crippen LogP contribution in [-0.4, -0.2) is 22.8 Å². The minimum atomic E-state index is -0.523. The van der Waals surface area contributed by atoms with Crippen molar-refractivity contribution in [3.05, 3.63) is 126 Å². The second kappa shape index (κ2) is 9.22. The van der Waals surface area contributed by atoms with E-state index < -0.39 is 6.04 Å². The number of carbonyl (C=O) groups is 1. The summed E-state index contributed by atoms with van der Waals surface area (Å²) in [7, 11) is 1.70. The maximum atomic E-state index is 13.9. The molecule has 0 saturated heterocycles. The van der Waals surface area contributed by atoms with Crippen LogP contribution in [0.3, 0.4) is 0 Å². The molecule has 3 aromatic carbocycles. The molecule has 0 aliphatic carbocycles. The Balaban J connectivity index is 1.59. The predicted octanol–water partition coefficient (Wildman–Crippen LogP) is 5.87. The van der Waals surface area contributed by atoms with E-state index in [1.165, 1.54) is 12.1 Å². The molecule has 4 nitrogen and oxygen atoms in total. The first-order valence-corrected chi connectivity index (χ1v) is 9.88. The van der Waals surface area contributed by atoms with Gasteiger partial charge in [-0.1, -0.05) is 36.4 Å². The van der Waals surface area contributed by atoms with E-state index in [4.69, 9.17) is 4.74 Å². The highest BCUT2D eigenvalue weighted by Gasteiger charge is 2.26. The van der Waals surface area contributed by atoms with Crippen molar-refractivity contribution in [3.8, 4) is 11.5 Å². The van der Waals surface area contributed by atoms with Crippen LogP contribution in [-0.2, 0) is 0 Å². The van der Waals surface area contributed by atoms with Gasteiger partial charge in [0.05, 0.1) is 11.7 Å². The van der Waals surface area contributed by atoms with E-state index in [9.17, 15) is 9.18 Å². The molecule has 0 aliphatic heterocycles. The topological polar surface area (TPSA) is 42.4 Å². The lowest BCUT2D eigenvalue weighted by Crippen LogP contribution is -2.32. The van der Waals surface area contributed by atoms with Crippen molar-refractivity contribution in [1.82, 2.24) is 9.88 Å². The third kappa shape index (κ3) is 4.78. The Morgan fingerprint density at radius 2 is 1.58 bits per heavy atom. The molecule has 0 spiro atoms. The average molecular weight is 412 g/mol. The van der Waals surface area contributed by atoms with Gasteiger partial charge in [0, 0.05) is 18.8 Å². The summed E-state index contributed by atoms with van der Waals surface area (Å²) in [4.78, 5) is 19.2. The molecular formula is C26H21FN2O2. The van der Waals surface area contributed by atoms with Crippen LogP contribution in [0.2, 0.25) is 0 Å². The van der Waals surface area contributed by atoms with E-state index >= 15 is 0 Å². The number of hydrogen-bond acceptors (Lipinski definition) is 3. The minimum Gasteiger partial charge on any atom is -0.457 e. The lowest BCUT2D eigenvalue weighted by molar-refractivity contribution is 0.0752.